The van der Waals surface area contributed by atoms with E-state index in [-0.39, 0.29) is 12.5 Å². The average molecular weight is 308 g/mol. The number of aliphatic hydroxyl groups excluding tert-OH is 1. The Morgan fingerprint density at radius 2 is 2.31 bits per heavy atom. The minimum absolute atomic E-state index is 0.0111. The van der Waals surface area contributed by atoms with Crippen molar-refractivity contribution in [3.05, 3.63) is 20.8 Å². The van der Waals surface area contributed by atoms with E-state index < -0.39 is 0 Å². The highest BCUT2D eigenvalue weighted by Crippen LogP contribution is 2.22. The van der Waals surface area contributed by atoms with Crippen LogP contribution in [-0.2, 0) is 16.0 Å². The number of rotatable bonds is 7. The van der Waals surface area contributed by atoms with Crippen molar-refractivity contribution in [1.82, 2.24) is 5.32 Å². The van der Waals surface area contributed by atoms with Crippen LogP contribution in [0.4, 0.5) is 0 Å². The largest absolute Gasteiger partial charge is 0.394 e. The normalized spacial score (nSPS) is 10.4. The number of amides is 1. The Balaban J connectivity index is 2.11. The summed E-state index contributed by atoms with van der Waals surface area (Å²) in [6.07, 6.45) is 0.399. The maximum Gasteiger partial charge on any atom is 0.225 e. The minimum Gasteiger partial charge on any atom is -0.394 e. The average Bonchev–Trinajstić information content (AvgIpc) is 2.63. The molecule has 0 saturated heterocycles. The zero-order valence-corrected chi connectivity index (χ0v) is 11.1. The van der Waals surface area contributed by atoms with Gasteiger partial charge in [0.2, 0.25) is 5.91 Å². The second kappa shape index (κ2) is 7.78. The van der Waals surface area contributed by atoms with Crippen molar-refractivity contribution in [2.75, 3.05) is 26.4 Å². The molecule has 1 rings (SSSR count). The van der Waals surface area contributed by atoms with Crippen LogP contribution in [0.3, 0.4) is 0 Å². The molecule has 2 N–H and O–H groups in total. The molecular weight excluding hydrogens is 294 g/mol. The number of hydrogen-bond donors (Lipinski definition) is 2. The van der Waals surface area contributed by atoms with Crippen molar-refractivity contribution >= 4 is 33.2 Å². The fraction of sp³-hybridized carbons (Fsp3) is 0.500. The minimum atomic E-state index is -0.0121. The number of carbonyl (C=O) groups excluding carboxylic acids is 1. The number of nitrogens with one attached hydrogen (secondary N) is 1. The molecule has 4 nitrogen and oxygen atoms in total. The van der Waals surface area contributed by atoms with Gasteiger partial charge in [0, 0.05) is 11.4 Å². The number of aliphatic hydroxyl groups is 1. The van der Waals surface area contributed by atoms with Gasteiger partial charge < -0.3 is 15.2 Å². The predicted molar refractivity (Wildman–Crippen MR) is 66.6 cm³/mol. The second-order valence-electron chi connectivity index (χ2n) is 3.07. The number of thiophene rings is 1. The Bertz CT molecular complexity index is 330. The summed E-state index contributed by atoms with van der Waals surface area (Å²) in [5, 5.41) is 11.2. The summed E-state index contributed by atoms with van der Waals surface area (Å²) in [7, 11) is 0. The Morgan fingerprint density at radius 3 is 2.94 bits per heavy atom. The number of carbonyl (C=O) groups is 1. The number of halogens is 1. The first-order valence-corrected chi connectivity index (χ1v) is 6.53. The summed E-state index contributed by atoms with van der Waals surface area (Å²) in [4.78, 5) is 12.5. The van der Waals surface area contributed by atoms with Crippen molar-refractivity contribution < 1.29 is 14.6 Å². The van der Waals surface area contributed by atoms with Gasteiger partial charge in [-0.3, -0.25) is 4.79 Å². The highest BCUT2D eigenvalue weighted by Gasteiger charge is 2.04. The molecule has 1 amide bonds. The SMILES string of the molecule is O=C(Cc1ccc(Br)s1)NCCOCCO. The molecule has 0 saturated carbocycles. The van der Waals surface area contributed by atoms with E-state index in [0.29, 0.717) is 26.2 Å². The van der Waals surface area contributed by atoms with Crippen molar-refractivity contribution in [3.8, 4) is 0 Å². The standard InChI is InChI=1S/C10H14BrNO3S/c11-9-2-1-8(16-9)7-10(14)12-3-5-15-6-4-13/h1-2,13H,3-7H2,(H,12,14). The van der Waals surface area contributed by atoms with Gasteiger partial charge >= 0.3 is 0 Å². The Kier molecular flexibility index (Phi) is 6.63. The van der Waals surface area contributed by atoms with Crippen LogP contribution in [0, 0.1) is 0 Å². The van der Waals surface area contributed by atoms with E-state index in [1.165, 1.54) is 0 Å². The maximum atomic E-state index is 11.4. The molecule has 1 aromatic rings. The lowest BCUT2D eigenvalue weighted by Crippen LogP contribution is -2.28. The van der Waals surface area contributed by atoms with Crippen LogP contribution in [-0.4, -0.2) is 37.4 Å². The molecular formula is C10H14BrNO3S. The van der Waals surface area contributed by atoms with E-state index in [4.69, 9.17) is 9.84 Å². The summed E-state index contributed by atoms with van der Waals surface area (Å²) < 4.78 is 6.05. The summed E-state index contributed by atoms with van der Waals surface area (Å²) >= 11 is 4.90. The van der Waals surface area contributed by atoms with Crippen molar-refractivity contribution in [2.24, 2.45) is 0 Å². The summed E-state index contributed by atoms with van der Waals surface area (Å²) in [6, 6.07) is 3.86. The van der Waals surface area contributed by atoms with E-state index in [2.05, 4.69) is 21.2 Å². The van der Waals surface area contributed by atoms with Gasteiger partial charge in [-0.05, 0) is 28.1 Å². The van der Waals surface area contributed by atoms with Gasteiger partial charge in [-0.1, -0.05) is 0 Å². The van der Waals surface area contributed by atoms with E-state index in [0.717, 1.165) is 8.66 Å². The molecule has 0 spiro atoms. The first-order valence-electron chi connectivity index (χ1n) is 4.92. The lowest BCUT2D eigenvalue weighted by atomic mass is 10.3. The Hall–Kier alpha value is -0.430. The fourth-order valence-corrected chi connectivity index (χ4v) is 2.58. The zero-order chi connectivity index (χ0) is 11.8. The molecule has 0 aliphatic carbocycles. The summed E-state index contributed by atoms with van der Waals surface area (Å²) in [5.41, 5.74) is 0. The predicted octanol–water partition coefficient (Wildman–Crippen LogP) is 1.18. The van der Waals surface area contributed by atoms with Gasteiger partial charge in [-0.25, -0.2) is 0 Å². The summed E-state index contributed by atoms with van der Waals surface area (Å²) in [5.74, 6) is -0.0121. The first-order chi connectivity index (χ1) is 7.72. The van der Waals surface area contributed by atoms with Gasteiger partial charge in [0.15, 0.2) is 0 Å². The molecule has 0 atom stereocenters. The van der Waals surface area contributed by atoms with Crippen LogP contribution in [0.5, 0.6) is 0 Å². The van der Waals surface area contributed by atoms with E-state index >= 15 is 0 Å². The quantitative estimate of drug-likeness (QED) is 0.744. The number of ether oxygens (including phenoxy) is 1. The molecule has 1 aromatic heterocycles. The van der Waals surface area contributed by atoms with Crippen LogP contribution < -0.4 is 5.32 Å². The molecule has 1 heterocycles. The maximum absolute atomic E-state index is 11.4. The zero-order valence-electron chi connectivity index (χ0n) is 8.74. The lowest BCUT2D eigenvalue weighted by molar-refractivity contribution is -0.120. The molecule has 0 bridgehead atoms. The van der Waals surface area contributed by atoms with Gasteiger partial charge in [0.05, 0.1) is 30.0 Å². The molecule has 0 radical (unpaired) electrons. The second-order valence-corrected chi connectivity index (χ2v) is 5.62. The van der Waals surface area contributed by atoms with Crippen molar-refractivity contribution in [3.63, 3.8) is 0 Å². The smallest absolute Gasteiger partial charge is 0.225 e. The monoisotopic (exact) mass is 307 g/mol. The molecule has 90 valence electrons. The van der Waals surface area contributed by atoms with Crippen LogP contribution in [0.25, 0.3) is 0 Å². The van der Waals surface area contributed by atoms with Crippen LogP contribution in [0.15, 0.2) is 15.9 Å². The Labute approximate surface area is 107 Å². The first kappa shape index (κ1) is 13.6. The summed E-state index contributed by atoms with van der Waals surface area (Å²) in [6.45, 7) is 1.23. The molecule has 0 aliphatic rings. The topological polar surface area (TPSA) is 58.6 Å². The lowest BCUT2D eigenvalue weighted by Gasteiger charge is -2.04. The van der Waals surface area contributed by atoms with Gasteiger partial charge in [-0.15, -0.1) is 11.3 Å². The van der Waals surface area contributed by atoms with E-state index in [1.807, 2.05) is 12.1 Å². The third-order valence-electron chi connectivity index (χ3n) is 1.77. The van der Waals surface area contributed by atoms with Crippen LogP contribution in [0.1, 0.15) is 4.88 Å². The molecule has 0 fully saturated rings. The van der Waals surface area contributed by atoms with Gasteiger partial charge in [-0.2, -0.15) is 0 Å². The van der Waals surface area contributed by atoms with Gasteiger partial charge in [0.25, 0.3) is 0 Å². The van der Waals surface area contributed by atoms with Crippen molar-refractivity contribution in [1.29, 1.82) is 0 Å². The molecule has 16 heavy (non-hydrogen) atoms. The third-order valence-corrected chi connectivity index (χ3v) is 3.39. The third kappa shape index (κ3) is 5.60. The molecule has 6 heteroatoms. The molecule has 0 aromatic carbocycles. The highest BCUT2D eigenvalue weighted by atomic mass is 79.9. The van der Waals surface area contributed by atoms with E-state index in [9.17, 15) is 4.79 Å². The van der Waals surface area contributed by atoms with Crippen LogP contribution >= 0.6 is 27.3 Å². The highest BCUT2D eigenvalue weighted by molar-refractivity contribution is 9.11. The molecule has 0 unspecified atom stereocenters. The van der Waals surface area contributed by atoms with Gasteiger partial charge in [0.1, 0.15) is 0 Å². The Morgan fingerprint density at radius 1 is 1.50 bits per heavy atom. The fourth-order valence-electron chi connectivity index (χ4n) is 1.10. The molecule has 0 aliphatic heterocycles. The number of hydrogen-bond acceptors (Lipinski definition) is 4. The van der Waals surface area contributed by atoms with Crippen molar-refractivity contribution in [2.45, 2.75) is 6.42 Å². The van der Waals surface area contributed by atoms with Crippen LogP contribution in [0.2, 0.25) is 0 Å². The van der Waals surface area contributed by atoms with E-state index in [1.54, 1.807) is 11.3 Å².